The number of halogens is 2. The minimum Gasteiger partial charge on any atom is -0.444 e. The Labute approximate surface area is 298 Å². The maximum absolute atomic E-state index is 15.5. The Morgan fingerprint density at radius 3 is 2.12 bits per heavy atom. The van der Waals surface area contributed by atoms with Gasteiger partial charge < -0.3 is 20.5 Å². The van der Waals surface area contributed by atoms with Gasteiger partial charge in [-0.3, -0.25) is 24.3 Å². The van der Waals surface area contributed by atoms with Crippen molar-refractivity contribution in [1.82, 2.24) is 20.2 Å². The second-order valence-corrected chi connectivity index (χ2v) is 12.0. The van der Waals surface area contributed by atoms with Gasteiger partial charge in [0.15, 0.2) is 0 Å². The fourth-order valence-corrected chi connectivity index (χ4v) is 5.40. The van der Waals surface area contributed by atoms with Gasteiger partial charge in [-0.15, -0.1) is 0 Å². The Morgan fingerprint density at radius 2 is 1.48 bits per heavy atom. The van der Waals surface area contributed by atoms with Crippen LogP contribution in [-0.4, -0.2) is 50.6 Å². The van der Waals surface area contributed by atoms with Gasteiger partial charge in [0, 0.05) is 12.1 Å². The van der Waals surface area contributed by atoms with Crippen LogP contribution in [0.15, 0.2) is 126 Å². The molecular weight excluding hydrogens is 672 g/mol. The topological polar surface area (TPSA) is 152 Å². The van der Waals surface area contributed by atoms with Gasteiger partial charge in [0.2, 0.25) is 5.91 Å². The van der Waals surface area contributed by atoms with Crippen LogP contribution in [0.25, 0.3) is 11.4 Å². The normalized spacial score (nSPS) is 12.3. The first kappa shape index (κ1) is 37.1. The summed E-state index contributed by atoms with van der Waals surface area (Å²) in [5, 5.41) is 17.9. The number of anilines is 1. The Kier molecular flexibility index (Phi) is 12.2. The summed E-state index contributed by atoms with van der Waals surface area (Å²) in [5.41, 5.74) is 1.94. The molecule has 5 rings (SSSR count). The van der Waals surface area contributed by atoms with Gasteiger partial charge >= 0.3 is 12.0 Å². The van der Waals surface area contributed by atoms with E-state index in [1.165, 1.54) is 0 Å². The predicted molar refractivity (Wildman–Crippen MR) is 190 cm³/mol. The number of alkyl halides is 2. The summed E-state index contributed by atoms with van der Waals surface area (Å²) in [6.45, 7) is 0.800. The Morgan fingerprint density at radius 1 is 0.865 bits per heavy atom. The summed E-state index contributed by atoms with van der Waals surface area (Å²) in [4.78, 5) is 57.1. The van der Waals surface area contributed by atoms with E-state index in [2.05, 4.69) is 20.9 Å². The fourth-order valence-electron chi connectivity index (χ4n) is 5.40. The standard InChI is InChI=1S/C39H37F2N5O6/c1-26-12-11-19-30(20-26)35-42-23-32(45-38(51)52-25-29-17-9-4-10-18-29)36(49)46(35)24-33(47)44-31(21-27-13-5-2-6-14-27)34(48)39(40,41)37(50)43-22-28-15-7-3-8-16-28/h2-20,23,31,34,48H,21-22,24-25H2,1H3,(H,43,50)(H,44,47)(H,45,51). The third-order valence-corrected chi connectivity index (χ3v) is 8.07. The second kappa shape index (κ2) is 17.1. The molecule has 0 fully saturated rings. The number of rotatable bonds is 14. The van der Waals surface area contributed by atoms with Crippen LogP contribution in [0.5, 0.6) is 0 Å². The number of aryl methyl sites for hydroxylation is 1. The minimum absolute atomic E-state index is 0.0535. The van der Waals surface area contributed by atoms with Crippen LogP contribution in [0.1, 0.15) is 22.3 Å². The first-order chi connectivity index (χ1) is 25.0. The molecule has 2 unspecified atom stereocenters. The molecule has 0 aliphatic heterocycles. The lowest BCUT2D eigenvalue weighted by molar-refractivity contribution is -0.168. The van der Waals surface area contributed by atoms with Gasteiger partial charge in [-0.25, -0.2) is 9.78 Å². The number of aliphatic hydroxyl groups is 1. The highest BCUT2D eigenvalue weighted by Crippen LogP contribution is 2.24. The maximum atomic E-state index is 15.5. The molecule has 2 atom stereocenters. The molecule has 52 heavy (non-hydrogen) atoms. The van der Waals surface area contributed by atoms with Crippen molar-refractivity contribution in [3.63, 3.8) is 0 Å². The van der Waals surface area contributed by atoms with E-state index in [9.17, 15) is 24.3 Å². The Balaban J connectivity index is 1.39. The summed E-state index contributed by atoms with van der Waals surface area (Å²) in [7, 11) is 0. The molecule has 1 aromatic heterocycles. The Bertz CT molecular complexity index is 2050. The number of carbonyl (C=O) groups is 3. The molecule has 3 amide bonds. The van der Waals surface area contributed by atoms with Crippen molar-refractivity contribution in [3.8, 4) is 11.4 Å². The molecule has 11 nitrogen and oxygen atoms in total. The summed E-state index contributed by atoms with van der Waals surface area (Å²) in [6.07, 6.45) is -2.75. The zero-order valence-electron chi connectivity index (χ0n) is 28.2. The molecule has 0 saturated heterocycles. The number of hydrogen-bond donors (Lipinski definition) is 4. The van der Waals surface area contributed by atoms with Crippen molar-refractivity contribution in [2.24, 2.45) is 0 Å². The van der Waals surface area contributed by atoms with E-state index in [0.717, 1.165) is 16.3 Å². The van der Waals surface area contributed by atoms with Gasteiger partial charge in [0.25, 0.3) is 11.5 Å². The van der Waals surface area contributed by atoms with Gasteiger partial charge in [0.05, 0.1) is 12.2 Å². The predicted octanol–water partition coefficient (Wildman–Crippen LogP) is 5.01. The number of aliphatic hydroxyl groups excluding tert-OH is 1. The number of benzene rings is 4. The lowest BCUT2D eigenvalue weighted by atomic mass is 9.96. The number of nitrogens with one attached hydrogen (secondary N) is 3. The second-order valence-electron chi connectivity index (χ2n) is 12.0. The van der Waals surface area contributed by atoms with Gasteiger partial charge in [0.1, 0.15) is 30.8 Å². The van der Waals surface area contributed by atoms with E-state index in [1.54, 1.807) is 103 Å². The van der Waals surface area contributed by atoms with Crippen LogP contribution in [0.3, 0.4) is 0 Å². The monoisotopic (exact) mass is 709 g/mol. The summed E-state index contributed by atoms with van der Waals surface area (Å²) < 4.78 is 37.3. The maximum Gasteiger partial charge on any atom is 0.412 e. The number of carbonyl (C=O) groups excluding carboxylic acids is 3. The molecule has 13 heteroatoms. The van der Waals surface area contributed by atoms with Crippen LogP contribution in [0.2, 0.25) is 0 Å². The minimum atomic E-state index is -4.32. The largest absolute Gasteiger partial charge is 0.444 e. The average molecular weight is 710 g/mol. The third-order valence-electron chi connectivity index (χ3n) is 8.07. The summed E-state index contributed by atoms with van der Waals surface area (Å²) >= 11 is 0. The first-order valence-electron chi connectivity index (χ1n) is 16.4. The van der Waals surface area contributed by atoms with Crippen LogP contribution < -0.4 is 21.5 Å². The van der Waals surface area contributed by atoms with E-state index in [4.69, 9.17) is 4.74 Å². The first-order valence-corrected chi connectivity index (χ1v) is 16.4. The van der Waals surface area contributed by atoms with E-state index >= 15 is 8.78 Å². The molecule has 0 aliphatic rings. The zero-order valence-corrected chi connectivity index (χ0v) is 28.2. The van der Waals surface area contributed by atoms with Gasteiger partial charge in [-0.1, -0.05) is 115 Å². The molecule has 1 heterocycles. The summed E-state index contributed by atoms with van der Waals surface area (Å²) in [5.74, 6) is -6.94. The zero-order chi connectivity index (χ0) is 37.1. The number of amides is 3. The highest BCUT2D eigenvalue weighted by molar-refractivity contribution is 5.85. The van der Waals surface area contributed by atoms with Crippen LogP contribution in [0.4, 0.5) is 19.3 Å². The Hall–Kier alpha value is -6.21. The van der Waals surface area contributed by atoms with Crippen LogP contribution >= 0.6 is 0 Å². The van der Waals surface area contributed by atoms with Crippen LogP contribution in [-0.2, 0) is 40.4 Å². The molecule has 0 saturated carbocycles. The smallest absolute Gasteiger partial charge is 0.412 e. The van der Waals surface area contributed by atoms with Crippen molar-refractivity contribution in [1.29, 1.82) is 0 Å². The van der Waals surface area contributed by atoms with Crippen molar-refractivity contribution in [2.45, 2.75) is 51.1 Å². The highest BCUT2D eigenvalue weighted by atomic mass is 19.3. The van der Waals surface area contributed by atoms with E-state index in [-0.39, 0.29) is 31.1 Å². The van der Waals surface area contributed by atoms with Crippen molar-refractivity contribution in [3.05, 3.63) is 154 Å². The molecular formula is C39H37F2N5O6. The molecule has 0 aliphatic carbocycles. The van der Waals surface area contributed by atoms with E-state index in [1.807, 2.05) is 19.1 Å². The molecule has 0 bridgehead atoms. The average Bonchev–Trinajstić information content (AvgIpc) is 3.15. The van der Waals surface area contributed by atoms with Gasteiger partial charge in [-0.05, 0) is 36.1 Å². The van der Waals surface area contributed by atoms with Crippen molar-refractivity contribution in [2.75, 3.05) is 5.32 Å². The molecule has 0 radical (unpaired) electrons. The third kappa shape index (κ3) is 9.73. The van der Waals surface area contributed by atoms with Crippen molar-refractivity contribution >= 4 is 23.6 Å². The molecule has 4 N–H and O–H groups in total. The lowest BCUT2D eigenvalue weighted by Crippen LogP contribution is -2.58. The molecule has 0 spiro atoms. The van der Waals surface area contributed by atoms with Crippen molar-refractivity contribution < 1.29 is 33.0 Å². The highest BCUT2D eigenvalue weighted by Gasteiger charge is 2.50. The fraction of sp³-hybridized carbons (Fsp3) is 0.205. The number of aromatic nitrogens is 2. The van der Waals surface area contributed by atoms with E-state index in [0.29, 0.717) is 22.3 Å². The quantitative estimate of drug-likeness (QED) is 0.127. The summed E-state index contributed by atoms with van der Waals surface area (Å²) in [6, 6.07) is 30.8. The molecule has 268 valence electrons. The molecule has 4 aromatic carbocycles. The van der Waals surface area contributed by atoms with Crippen LogP contribution in [0, 0.1) is 6.92 Å². The SMILES string of the molecule is Cc1cccc(-c2ncc(NC(=O)OCc3ccccc3)c(=O)n2CC(=O)NC(Cc2ccccc2)C(O)C(F)(F)C(=O)NCc2ccccc2)c1. The molecule has 5 aromatic rings. The number of hydrogen-bond acceptors (Lipinski definition) is 7. The number of ether oxygens (including phenoxy) is 1. The van der Waals surface area contributed by atoms with E-state index < -0.39 is 48.1 Å². The van der Waals surface area contributed by atoms with Gasteiger partial charge in [-0.2, -0.15) is 8.78 Å². The number of nitrogens with zero attached hydrogens (tertiary/aromatic N) is 2. The lowest BCUT2D eigenvalue weighted by Gasteiger charge is -2.30.